The van der Waals surface area contributed by atoms with Crippen molar-refractivity contribution in [3.63, 3.8) is 0 Å². The van der Waals surface area contributed by atoms with Gasteiger partial charge in [0.15, 0.2) is 0 Å². The van der Waals surface area contributed by atoms with E-state index in [0.717, 1.165) is 60.4 Å². The van der Waals surface area contributed by atoms with Gasteiger partial charge in [-0.25, -0.2) is 4.79 Å². The van der Waals surface area contributed by atoms with Crippen molar-refractivity contribution < 1.29 is 9.59 Å². The van der Waals surface area contributed by atoms with Gasteiger partial charge in [0.25, 0.3) is 0 Å². The summed E-state index contributed by atoms with van der Waals surface area (Å²) < 4.78 is 0. The van der Waals surface area contributed by atoms with Crippen LogP contribution in [0.1, 0.15) is 18.5 Å². The van der Waals surface area contributed by atoms with Gasteiger partial charge in [-0.15, -0.1) is 0 Å². The van der Waals surface area contributed by atoms with Crippen LogP contribution in [0.15, 0.2) is 54.6 Å². The molecule has 1 aliphatic rings. The normalized spacial score (nSPS) is 14.7. The fourth-order valence-corrected chi connectivity index (χ4v) is 4.50. The second kappa shape index (κ2) is 10.8. The van der Waals surface area contributed by atoms with Crippen molar-refractivity contribution in [2.45, 2.75) is 19.8 Å². The molecule has 1 saturated heterocycles. The highest BCUT2D eigenvalue weighted by Crippen LogP contribution is 2.24. The molecule has 3 aromatic rings. The molecule has 8 heteroatoms. The SMILES string of the molecule is Cc1cc(NC(=O)NCCN2CCC(C(=O)N(C)c3ccc(Cl)cc3)CC2)c2ccccc2n1. The lowest BCUT2D eigenvalue weighted by atomic mass is 9.95. The molecule has 178 valence electrons. The number of aryl methyl sites for hydroxylation is 1. The van der Waals surface area contributed by atoms with E-state index in [0.29, 0.717) is 11.6 Å². The molecule has 7 nitrogen and oxygen atoms in total. The van der Waals surface area contributed by atoms with E-state index in [1.54, 1.807) is 17.0 Å². The number of benzene rings is 2. The molecule has 34 heavy (non-hydrogen) atoms. The molecular weight excluding hydrogens is 450 g/mol. The Bertz CT molecular complexity index is 1160. The number of halogens is 1. The summed E-state index contributed by atoms with van der Waals surface area (Å²) in [7, 11) is 1.81. The Labute approximate surface area is 205 Å². The van der Waals surface area contributed by atoms with Crippen molar-refractivity contribution in [1.82, 2.24) is 15.2 Å². The Morgan fingerprint density at radius 2 is 1.82 bits per heavy atom. The van der Waals surface area contributed by atoms with Gasteiger partial charge in [0.05, 0.1) is 11.2 Å². The van der Waals surface area contributed by atoms with E-state index in [-0.39, 0.29) is 17.9 Å². The highest BCUT2D eigenvalue weighted by Gasteiger charge is 2.27. The molecule has 0 aliphatic carbocycles. The number of para-hydroxylation sites is 1. The third kappa shape index (κ3) is 5.85. The average molecular weight is 480 g/mol. The first-order valence-corrected chi connectivity index (χ1v) is 12.0. The van der Waals surface area contributed by atoms with Crippen LogP contribution in [0.4, 0.5) is 16.2 Å². The maximum absolute atomic E-state index is 12.9. The molecule has 0 spiro atoms. The summed E-state index contributed by atoms with van der Waals surface area (Å²) in [5.74, 6) is 0.149. The lowest BCUT2D eigenvalue weighted by molar-refractivity contribution is -0.123. The van der Waals surface area contributed by atoms with Crippen LogP contribution in [0.25, 0.3) is 10.9 Å². The zero-order valence-corrected chi connectivity index (χ0v) is 20.3. The Kier molecular flexibility index (Phi) is 7.65. The van der Waals surface area contributed by atoms with Gasteiger partial charge in [0.2, 0.25) is 5.91 Å². The van der Waals surface area contributed by atoms with Crippen LogP contribution in [0.3, 0.4) is 0 Å². The van der Waals surface area contributed by atoms with E-state index in [4.69, 9.17) is 11.6 Å². The first-order chi connectivity index (χ1) is 16.4. The third-order valence-corrected chi connectivity index (χ3v) is 6.54. The van der Waals surface area contributed by atoms with E-state index in [1.165, 1.54) is 0 Å². The summed E-state index contributed by atoms with van der Waals surface area (Å²) in [6, 6.07) is 16.7. The van der Waals surface area contributed by atoms with Gasteiger partial charge in [-0.3, -0.25) is 9.78 Å². The van der Waals surface area contributed by atoms with Gasteiger partial charge in [0.1, 0.15) is 0 Å². The lowest BCUT2D eigenvalue weighted by Gasteiger charge is -2.33. The van der Waals surface area contributed by atoms with Crippen LogP contribution in [0.5, 0.6) is 0 Å². The summed E-state index contributed by atoms with van der Waals surface area (Å²) in [4.78, 5) is 33.9. The number of aromatic nitrogens is 1. The smallest absolute Gasteiger partial charge is 0.319 e. The van der Waals surface area contributed by atoms with Crippen molar-refractivity contribution >= 4 is 45.8 Å². The molecule has 2 aromatic carbocycles. The summed E-state index contributed by atoms with van der Waals surface area (Å²) >= 11 is 5.95. The van der Waals surface area contributed by atoms with Crippen molar-refractivity contribution in [2.75, 3.05) is 43.4 Å². The molecule has 0 unspecified atom stereocenters. The number of piperidine rings is 1. The molecule has 4 rings (SSSR count). The Morgan fingerprint density at radius 1 is 1.12 bits per heavy atom. The number of rotatable bonds is 6. The predicted molar refractivity (Wildman–Crippen MR) is 138 cm³/mol. The topological polar surface area (TPSA) is 77.6 Å². The summed E-state index contributed by atoms with van der Waals surface area (Å²) in [5, 5.41) is 7.46. The van der Waals surface area contributed by atoms with Gasteiger partial charge in [-0.05, 0) is 69.3 Å². The van der Waals surface area contributed by atoms with E-state index < -0.39 is 0 Å². The van der Waals surface area contributed by atoms with E-state index in [9.17, 15) is 9.59 Å². The number of hydrogen-bond acceptors (Lipinski definition) is 4. The standard InChI is InChI=1S/C26H30ClN5O2/c1-18-17-24(22-5-3-4-6-23(22)29-18)30-26(34)28-13-16-32-14-11-19(12-15-32)25(33)31(2)21-9-7-20(27)8-10-21/h3-10,17,19H,11-16H2,1-2H3,(H2,28,29,30,34). The molecule has 3 amide bonds. The van der Waals surface area contributed by atoms with Gasteiger partial charge in [0, 0.05) is 47.8 Å². The van der Waals surface area contributed by atoms with Crippen LogP contribution in [-0.4, -0.2) is 55.0 Å². The van der Waals surface area contributed by atoms with Crippen molar-refractivity contribution in [2.24, 2.45) is 5.92 Å². The molecule has 1 aliphatic heterocycles. The Morgan fingerprint density at radius 3 is 2.56 bits per heavy atom. The fourth-order valence-electron chi connectivity index (χ4n) is 4.37. The minimum Gasteiger partial charge on any atom is -0.337 e. The fraction of sp³-hybridized carbons (Fsp3) is 0.346. The molecule has 0 saturated carbocycles. The number of hydrogen-bond donors (Lipinski definition) is 2. The monoisotopic (exact) mass is 479 g/mol. The van der Waals surface area contributed by atoms with Gasteiger partial charge in [-0.2, -0.15) is 0 Å². The molecule has 1 fully saturated rings. The molecular formula is C26H30ClN5O2. The number of carbonyl (C=O) groups is 2. The largest absolute Gasteiger partial charge is 0.337 e. The number of likely N-dealkylation sites (tertiary alicyclic amines) is 1. The number of urea groups is 1. The molecule has 2 N–H and O–H groups in total. The van der Waals surface area contributed by atoms with E-state index in [1.807, 2.05) is 56.4 Å². The zero-order chi connectivity index (χ0) is 24.1. The number of pyridine rings is 1. The summed E-state index contributed by atoms with van der Waals surface area (Å²) in [6.45, 7) is 4.87. The van der Waals surface area contributed by atoms with Crippen LogP contribution in [0, 0.1) is 12.8 Å². The number of nitrogens with zero attached hydrogens (tertiary/aromatic N) is 3. The average Bonchev–Trinajstić information content (AvgIpc) is 2.84. The minimum atomic E-state index is -0.231. The minimum absolute atomic E-state index is 0.0106. The molecule has 0 atom stereocenters. The number of anilines is 2. The first-order valence-electron chi connectivity index (χ1n) is 11.6. The molecule has 2 heterocycles. The van der Waals surface area contributed by atoms with Crippen LogP contribution in [0.2, 0.25) is 5.02 Å². The van der Waals surface area contributed by atoms with Gasteiger partial charge < -0.3 is 20.4 Å². The van der Waals surface area contributed by atoms with E-state index >= 15 is 0 Å². The summed E-state index contributed by atoms with van der Waals surface area (Å²) in [5.41, 5.74) is 3.32. The number of fused-ring (bicyclic) bond motifs is 1. The molecule has 0 bridgehead atoms. The molecule has 1 aromatic heterocycles. The van der Waals surface area contributed by atoms with Crippen molar-refractivity contribution in [3.8, 4) is 0 Å². The number of carbonyl (C=O) groups excluding carboxylic acids is 2. The van der Waals surface area contributed by atoms with Crippen molar-refractivity contribution in [1.29, 1.82) is 0 Å². The predicted octanol–water partition coefficient (Wildman–Crippen LogP) is 4.69. The van der Waals surface area contributed by atoms with Crippen LogP contribution < -0.4 is 15.5 Å². The number of amides is 3. The van der Waals surface area contributed by atoms with Gasteiger partial charge in [-0.1, -0.05) is 29.8 Å². The first kappa shape index (κ1) is 24.0. The maximum atomic E-state index is 12.9. The van der Waals surface area contributed by atoms with Gasteiger partial charge >= 0.3 is 6.03 Å². The Balaban J connectivity index is 1.21. The highest BCUT2D eigenvalue weighted by molar-refractivity contribution is 6.30. The molecule has 0 radical (unpaired) electrons. The maximum Gasteiger partial charge on any atom is 0.319 e. The van der Waals surface area contributed by atoms with E-state index in [2.05, 4.69) is 20.5 Å². The third-order valence-electron chi connectivity index (χ3n) is 6.29. The van der Waals surface area contributed by atoms with Crippen LogP contribution in [-0.2, 0) is 4.79 Å². The second-order valence-electron chi connectivity index (χ2n) is 8.70. The zero-order valence-electron chi connectivity index (χ0n) is 19.6. The van der Waals surface area contributed by atoms with Crippen molar-refractivity contribution in [3.05, 3.63) is 65.3 Å². The number of nitrogens with one attached hydrogen (secondary N) is 2. The Hall–Kier alpha value is -3.16. The summed E-state index contributed by atoms with van der Waals surface area (Å²) in [6.07, 6.45) is 1.62. The quantitative estimate of drug-likeness (QED) is 0.537. The van der Waals surface area contributed by atoms with Crippen LogP contribution >= 0.6 is 11.6 Å². The second-order valence-corrected chi connectivity index (χ2v) is 9.14. The lowest BCUT2D eigenvalue weighted by Crippen LogP contribution is -2.44. The highest BCUT2D eigenvalue weighted by atomic mass is 35.5.